The molecule has 0 aliphatic rings. The van der Waals surface area contributed by atoms with Gasteiger partial charge in [-0.2, -0.15) is 0 Å². The van der Waals surface area contributed by atoms with Gasteiger partial charge in [0.25, 0.3) is 0 Å². The van der Waals surface area contributed by atoms with Gasteiger partial charge in [0, 0.05) is 5.92 Å². The fraction of sp³-hybridized carbons (Fsp3) is 0.227. The molecule has 136 valence electrons. The molecule has 0 saturated carbocycles. The Morgan fingerprint density at radius 2 is 2.00 bits per heavy atom. The normalized spacial score (nSPS) is 12.5. The van der Waals surface area contributed by atoms with E-state index < -0.39 is 5.97 Å². The van der Waals surface area contributed by atoms with E-state index in [0.717, 1.165) is 11.1 Å². The van der Waals surface area contributed by atoms with Gasteiger partial charge in [-0.05, 0) is 79.6 Å². The van der Waals surface area contributed by atoms with E-state index in [2.05, 4.69) is 44.8 Å². The number of aryl methyl sites for hydroxylation is 1. The second-order valence-electron chi connectivity index (χ2n) is 6.46. The van der Waals surface area contributed by atoms with Crippen molar-refractivity contribution in [1.82, 2.24) is 5.32 Å². The van der Waals surface area contributed by atoms with Gasteiger partial charge in [0.2, 0.25) is 0 Å². The molecule has 2 aromatic rings. The van der Waals surface area contributed by atoms with Gasteiger partial charge in [0.05, 0.1) is 0 Å². The molecule has 1 unspecified atom stereocenters. The van der Waals surface area contributed by atoms with Crippen LogP contribution in [0.5, 0.6) is 5.75 Å². The van der Waals surface area contributed by atoms with E-state index in [1.54, 1.807) is 12.3 Å². The van der Waals surface area contributed by atoms with Gasteiger partial charge in [-0.3, -0.25) is 0 Å². The monoisotopic (exact) mass is 351 g/mol. The second-order valence-corrected chi connectivity index (χ2v) is 6.46. The molecule has 0 radical (unpaired) electrons. The van der Waals surface area contributed by atoms with Gasteiger partial charge in [-0.15, -0.1) is 0 Å². The number of hydrogen-bond acceptors (Lipinski definition) is 3. The summed E-state index contributed by atoms with van der Waals surface area (Å²) in [5.74, 6) is -1.25. The Morgan fingerprint density at radius 1 is 1.27 bits per heavy atom. The molecule has 2 rings (SSSR count). The second kappa shape index (κ2) is 8.39. The molecule has 0 aromatic heterocycles. The molecule has 1 atom stereocenters. The van der Waals surface area contributed by atoms with Crippen LogP contribution in [0.15, 0.2) is 61.0 Å². The van der Waals surface area contributed by atoms with Crippen LogP contribution in [0.2, 0.25) is 0 Å². The molecule has 0 spiro atoms. The summed E-state index contributed by atoms with van der Waals surface area (Å²) in [5.41, 5.74) is 5.59. The number of hydrogen-bond donors (Lipinski definition) is 3. The van der Waals surface area contributed by atoms with Crippen molar-refractivity contribution >= 4 is 5.97 Å². The molecule has 2 aromatic carbocycles. The third-order valence-electron chi connectivity index (χ3n) is 4.73. The van der Waals surface area contributed by atoms with E-state index in [0.29, 0.717) is 6.42 Å². The van der Waals surface area contributed by atoms with Crippen LogP contribution >= 0.6 is 0 Å². The zero-order chi connectivity index (χ0) is 19.3. The van der Waals surface area contributed by atoms with Crippen LogP contribution in [-0.2, 0) is 6.42 Å². The minimum Gasteiger partial charge on any atom is -0.507 e. The summed E-state index contributed by atoms with van der Waals surface area (Å²) in [5, 5.41) is 22.1. The third kappa shape index (κ3) is 4.33. The third-order valence-corrected chi connectivity index (χ3v) is 4.73. The predicted octanol–water partition coefficient (Wildman–Crippen LogP) is 4.67. The topological polar surface area (TPSA) is 69.6 Å². The minimum absolute atomic E-state index is 0.0855. The van der Waals surface area contributed by atoms with E-state index in [1.165, 1.54) is 28.8 Å². The maximum absolute atomic E-state index is 11.1. The van der Waals surface area contributed by atoms with E-state index in [1.807, 2.05) is 12.3 Å². The zero-order valence-electron chi connectivity index (χ0n) is 15.4. The van der Waals surface area contributed by atoms with Gasteiger partial charge in [0.1, 0.15) is 11.3 Å². The number of aromatic hydroxyl groups is 1. The van der Waals surface area contributed by atoms with E-state index in [4.69, 9.17) is 5.11 Å². The number of phenols is 1. The molecule has 0 amide bonds. The number of aromatic carboxylic acids is 1. The summed E-state index contributed by atoms with van der Waals surface area (Å²) in [6.45, 7) is 9.92. The van der Waals surface area contributed by atoms with Crippen molar-refractivity contribution < 1.29 is 15.0 Å². The van der Waals surface area contributed by atoms with Crippen LogP contribution < -0.4 is 5.32 Å². The number of nitrogens with one attached hydrogen (secondary N) is 1. The van der Waals surface area contributed by atoms with Crippen LogP contribution in [0.4, 0.5) is 0 Å². The van der Waals surface area contributed by atoms with E-state index in [9.17, 15) is 9.90 Å². The molecule has 0 bridgehead atoms. The Bertz CT molecular complexity index is 852. The molecule has 0 heterocycles. The van der Waals surface area contributed by atoms with Crippen LogP contribution in [0.3, 0.4) is 0 Å². The summed E-state index contributed by atoms with van der Waals surface area (Å²) in [6.07, 6.45) is 4.20. The quantitative estimate of drug-likeness (QED) is 0.678. The lowest BCUT2D eigenvalue weighted by Gasteiger charge is -2.22. The zero-order valence-corrected chi connectivity index (χ0v) is 15.4. The smallest absolute Gasteiger partial charge is 0.339 e. The van der Waals surface area contributed by atoms with Crippen LogP contribution in [0.1, 0.15) is 45.5 Å². The van der Waals surface area contributed by atoms with Crippen LogP contribution in [0.25, 0.3) is 0 Å². The SMILES string of the molecule is C=CN/C=C(\C)C(Cc1ccc(C(=O)O)c(O)c1)c1cccc(C)c1C. The van der Waals surface area contributed by atoms with Crippen molar-refractivity contribution in [2.75, 3.05) is 0 Å². The molecular weight excluding hydrogens is 326 g/mol. The van der Waals surface area contributed by atoms with Crippen LogP contribution in [-0.4, -0.2) is 16.2 Å². The number of allylic oxidation sites excluding steroid dienone is 1. The molecule has 0 fully saturated rings. The number of rotatable bonds is 7. The highest BCUT2D eigenvalue weighted by molar-refractivity contribution is 5.90. The first kappa shape index (κ1) is 19.3. The Labute approximate surface area is 154 Å². The molecule has 26 heavy (non-hydrogen) atoms. The highest BCUT2D eigenvalue weighted by Gasteiger charge is 2.19. The molecule has 0 saturated heterocycles. The number of carboxylic acid groups (broad SMARTS) is 1. The Kier molecular flexibility index (Phi) is 6.23. The standard InChI is InChI=1S/C22H25NO3/c1-5-23-13-15(3)20(18-8-6-7-14(2)16(18)4)11-17-9-10-19(22(25)26)21(24)12-17/h5-10,12-13,20,23-24H,1,11H2,2-4H3,(H,25,26)/b15-13+. The lowest BCUT2D eigenvalue weighted by atomic mass is 9.83. The van der Waals surface area contributed by atoms with Crippen LogP contribution in [0, 0.1) is 13.8 Å². The molecule has 4 nitrogen and oxygen atoms in total. The molecule has 0 aliphatic heterocycles. The molecule has 4 heteroatoms. The summed E-state index contributed by atoms with van der Waals surface area (Å²) in [7, 11) is 0. The van der Waals surface area contributed by atoms with Gasteiger partial charge in [0.15, 0.2) is 0 Å². The summed E-state index contributed by atoms with van der Waals surface area (Å²) < 4.78 is 0. The highest BCUT2D eigenvalue weighted by atomic mass is 16.4. The van der Waals surface area contributed by atoms with Crippen molar-refractivity contribution in [2.24, 2.45) is 0 Å². The van der Waals surface area contributed by atoms with Crippen molar-refractivity contribution in [1.29, 1.82) is 0 Å². The molecular formula is C22H25NO3. The summed E-state index contributed by atoms with van der Waals surface area (Å²) in [4.78, 5) is 11.1. The largest absolute Gasteiger partial charge is 0.507 e. The van der Waals surface area contributed by atoms with Gasteiger partial charge in [-0.25, -0.2) is 4.79 Å². The number of carbonyl (C=O) groups is 1. The van der Waals surface area contributed by atoms with E-state index in [-0.39, 0.29) is 17.2 Å². The fourth-order valence-electron chi connectivity index (χ4n) is 3.08. The van der Waals surface area contributed by atoms with Gasteiger partial charge in [-0.1, -0.05) is 30.8 Å². The fourth-order valence-corrected chi connectivity index (χ4v) is 3.08. The Morgan fingerprint density at radius 3 is 2.62 bits per heavy atom. The van der Waals surface area contributed by atoms with Crippen molar-refractivity contribution in [3.8, 4) is 5.75 Å². The van der Waals surface area contributed by atoms with Crippen molar-refractivity contribution in [3.63, 3.8) is 0 Å². The van der Waals surface area contributed by atoms with Crippen molar-refractivity contribution in [3.05, 3.63) is 88.8 Å². The Hall–Kier alpha value is -3.01. The Balaban J connectivity index is 2.45. The maximum atomic E-state index is 11.1. The predicted molar refractivity (Wildman–Crippen MR) is 105 cm³/mol. The van der Waals surface area contributed by atoms with Crippen molar-refractivity contribution in [2.45, 2.75) is 33.1 Å². The first-order chi connectivity index (χ1) is 12.3. The maximum Gasteiger partial charge on any atom is 0.339 e. The number of carboxylic acids is 1. The first-order valence-electron chi connectivity index (χ1n) is 8.50. The van der Waals surface area contributed by atoms with Gasteiger partial charge >= 0.3 is 5.97 Å². The average Bonchev–Trinajstić information content (AvgIpc) is 2.60. The first-order valence-corrected chi connectivity index (χ1v) is 8.50. The minimum atomic E-state index is -1.13. The lowest BCUT2D eigenvalue weighted by Crippen LogP contribution is -2.10. The highest BCUT2D eigenvalue weighted by Crippen LogP contribution is 2.32. The lowest BCUT2D eigenvalue weighted by molar-refractivity contribution is 0.0693. The average molecular weight is 351 g/mol. The summed E-state index contributed by atoms with van der Waals surface area (Å²) >= 11 is 0. The molecule has 0 aliphatic carbocycles. The van der Waals surface area contributed by atoms with E-state index >= 15 is 0 Å². The summed E-state index contributed by atoms with van der Waals surface area (Å²) in [6, 6.07) is 11.0. The van der Waals surface area contributed by atoms with Gasteiger partial charge < -0.3 is 15.5 Å². The molecule has 3 N–H and O–H groups in total. The number of benzene rings is 2.